The Labute approximate surface area is 113 Å². The maximum absolute atomic E-state index is 13.1. The fourth-order valence-corrected chi connectivity index (χ4v) is 2.55. The van der Waals surface area contributed by atoms with Gasteiger partial charge in [0.25, 0.3) is 0 Å². The van der Waals surface area contributed by atoms with E-state index in [4.69, 9.17) is 0 Å². The number of carbonyl (C=O) groups excluding carboxylic acids is 1. The zero-order chi connectivity index (χ0) is 13.6. The molecule has 19 heavy (non-hydrogen) atoms. The lowest BCUT2D eigenvalue weighted by Crippen LogP contribution is -2.28. The Morgan fingerprint density at radius 1 is 1.42 bits per heavy atom. The molecule has 0 saturated carbocycles. The molecule has 2 heterocycles. The predicted molar refractivity (Wildman–Crippen MR) is 67.0 cm³/mol. The van der Waals surface area contributed by atoms with E-state index in [1.807, 2.05) is 0 Å². The molecule has 0 N–H and O–H groups in total. The van der Waals surface area contributed by atoms with E-state index >= 15 is 0 Å². The van der Waals surface area contributed by atoms with Gasteiger partial charge in [0.1, 0.15) is 0 Å². The monoisotopic (exact) mass is 287 g/mol. The summed E-state index contributed by atoms with van der Waals surface area (Å²) in [7, 11) is 0. The molecule has 1 fully saturated rings. The fraction of sp³-hybridized carbons (Fsp3) is 0.417. The van der Waals surface area contributed by atoms with Crippen LogP contribution in [0.2, 0.25) is 0 Å². The summed E-state index contributed by atoms with van der Waals surface area (Å²) in [4.78, 5) is 13.4. The maximum Gasteiger partial charge on any atom is 0.586 e. The second kappa shape index (κ2) is 4.26. The van der Waals surface area contributed by atoms with E-state index in [0.29, 0.717) is 24.4 Å². The van der Waals surface area contributed by atoms with Crippen molar-refractivity contribution in [2.24, 2.45) is 5.92 Å². The number of rotatable bonds is 2. The largest absolute Gasteiger partial charge is 0.586 e. The second-order valence-electron chi connectivity index (χ2n) is 4.53. The van der Waals surface area contributed by atoms with E-state index in [1.165, 1.54) is 11.0 Å². The molecule has 1 unspecified atom stereocenters. The van der Waals surface area contributed by atoms with Crippen LogP contribution in [0.25, 0.3) is 0 Å². The van der Waals surface area contributed by atoms with Crippen LogP contribution in [-0.4, -0.2) is 24.5 Å². The SMILES string of the molecule is O=C1CC(CS)CN1c1cccc2c1OC(F)(F)O2. The van der Waals surface area contributed by atoms with Crippen LogP contribution in [0.15, 0.2) is 18.2 Å². The van der Waals surface area contributed by atoms with Crippen LogP contribution < -0.4 is 14.4 Å². The number of thiol groups is 1. The molecule has 1 aromatic carbocycles. The van der Waals surface area contributed by atoms with E-state index < -0.39 is 6.29 Å². The lowest BCUT2D eigenvalue weighted by molar-refractivity contribution is -0.286. The average molecular weight is 287 g/mol. The van der Waals surface area contributed by atoms with Gasteiger partial charge in [-0.15, -0.1) is 8.78 Å². The molecule has 1 amide bonds. The smallest absolute Gasteiger partial charge is 0.395 e. The number of ether oxygens (including phenoxy) is 2. The Morgan fingerprint density at radius 2 is 2.21 bits per heavy atom. The van der Waals surface area contributed by atoms with Gasteiger partial charge >= 0.3 is 6.29 Å². The zero-order valence-corrected chi connectivity index (χ0v) is 10.7. The molecule has 1 aromatic rings. The van der Waals surface area contributed by atoms with Gasteiger partial charge in [-0.2, -0.15) is 12.6 Å². The standard InChI is InChI=1S/C12H11F2NO3S/c13-12(14)17-9-3-1-2-8(11(9)18-12)15-5-7(6-19)4-10(15)16/h1-3,7,19H,4-6H2. The van der Waals surface area contributed by atoms with Gasteiger partial charge in [-0.3, -0.25) is 4.79 Å². The summed E-state index contributed by atoms with van der Waals surface area (Å²) in [5, 5.41) is 0. The van der Waals surface area contributed by atoms with Gasteiger partial charge in [-0.1, -0.05) is 6.07 Å². The molecular weight excluding hydrogens is 276 g/mol. The number of benzene rings is 1. The quantitative estimate of drug-likeness (QED) is 0.848. The van der Waals surface area contributed by atoms with Crippen molar-refractivity contribution in [2.45, 2.75) is 12.7 Å². The number of hydrogen-bond acceptors (Lipinski definition) is 4. The Hall–Kier alpha value is -1.50. The molecule has 0 bridgehead atoms. The molecule has 0 radical (unpaired) electrons. The first-order valence-electron chi connectivity index (χ1n) is 5.80. The van der Waals surface area contributed by atoms with Crippen molar-refractivity contribution < 1.29 is 23.0 Å². The van der Waals surface area contributed by atoms with E-state index in [0.717, 1.165) is 0 Å². The first-order valence-corrected chi connectivity index (χ1v) is 6.43. The zero-order valence-electron chi connectivity index (χ0n) is 9.81. The van der Waals surface area contributed by atoms with Crippen molar-refractivity contribution in [3.8, 4) is 11.5 Å². The number of alkyl halides is 2. The van der Waals surface area contributed by atoms with Crippen LogP contribution in [0.5, 0.6) is 11.5 Å². The Morgan fingerprint density at radius 3 is 2.89 bits per heavy atom. The molecule has 0 spiro atoms. The van der Waals surface area contributed by atoms with Gasteiger partial charge in [0.15, 0.2) is 11.5 Å². The molecular formula is C12H11F2NO3S. The van der Waals surface area contributed by atoms with Crippen molar-refractivity contribution in [3.63, 3.8) is 0 Å². The summed E-state index contributed by atoms with van der Waals surface area (Å²) in [6, 6.07) is 4.51. The number of carbonyl (C=O) groups is 1. The van der Waals surface area contributed by atoms with Crippen LogP contribution in [-0.2, 0) is 4.79 Å². The van der Waals surface area contributed by atoms with Gasteiger partial charge in [-0.25, -0.2) is 0 Å². The van der Waals surface area contributed by atoms with Gasteiger partial charge in [0.2, 0.25) is 5.91 Å². The van der Waals surface area contributed by atoms with Crippen LogP contribution in [0.4, 0.5) is 14.5 Å². The summed E-state index contributed by atoms with van der Waals surface area (Å²) < 4.78 is 35.0. The average Bonchev–Trinajstić information content (AvgIpc) is 2.86. The van der Waals surface area contributed by atoms with Crippen molar-refractivity contribution in [2.75, 3.05) is 17.2 Å². The summed E-state index contributed by atoms with van der Waals surface area (Å²) in [5.74, 6) is 0.441. The van der Waals surface area contributed by atoms with Gasteiger partial charge in [0.05, 0.1) is 5.69 Å². The summed E-state index contributed by atoms with van der Waals surface area (Å²) in [6.45, 7) is 0.452. The van der Waals surface area contributed by atoms with Gasteiger partial charge in [-0.05, 0) is 23.8 Å². The molecule has 102 valence electrons. The molecule has 3 rings (SSSR count). The third kappa shape index (κ3) is 2.11. The second-order valence-corrected chi connectivity index (χ2v) is 4.89. The number of nitrogens with zero attached hydrogens (tertiary/aromatic N) is 1. The Balaban J connectivity index is 1.96. The Kier molecular flexibility index (Phi) is 2.81. The van der Waals surface area contributed by atoms with Gasteiger partial charge < -0.3 is 14.4 Å². The van der Waals surface area contributed by atoms with Crippen LogP contribution in [0.1, 0.15) is 6.42 Å². The fourth-order valence-electron chi connectivity index (χ4n) is 2.30. The number of anilines is 1. The molecule has 0 aromatic heterocycles. The number of fused-ring (bicyclic) bond motifs is 1. The lowest BCUT2D eigenvalue weighted by Gasteiger charge is -2.18. The highest BCUT2D eigenvalue weighted by Gasteiger charge is 2.46. The molecule has 2 aliphatic rings. The highest BCUT2D eigenvalue weighted by atomic mass is 32.1. The number of halogens is 2. The normalized spacial score (nSPS) is 24.1. The summed E-state index contributed by atoms with van der Waals surface area (Å²) in [5.41, 5.74) is 0.323. The number of amides is 1. The molecule has 7 heteroatoms. The molecule has 0 aliphatic carbocycles. The van der Waals surface area contributed by atoms with Crippen molar-refractivity contribution in [1.29, 1.82) is 0 Å². The van der Waals surface area contributed by atoms with E-state index in [1.54, 1.807) is 12.1 Å². The van der Waals surface area contributed by atoms with E-state index in [2.05, 4.69) is 22.1 Å². The molecule has 4 nitrogen and oxygen atoms in total. The van der Waals surface area contributed by atoms with Crippen LogP contribution in [0, 0.1) is 5.92 Å². The third-order valence-corrected chi connectivity index (χ3v) is 3.68. The van der Waals surface area contributed by atoms with E-state index in [-0.39, 0.29) is 23.3 Å². The first-order chi connectivity index (χ1) is 9.00. The van der Waals surface area contributed by atoms with Crippen LogP contribution in [0.3, 0.4) is 0 Å². The molecule has 1 atom stereocenters. The minimum absolute atomic E-state index is 0.0513. The number of para-hydroxylation sites is 1. The third-order valence-electron chi connectivity index (χ3n) is 3.16. The first kappa shape index (κ1) is 12.5. The van der Waals surface area contributed by atoms with Crippen molar-refractivity contribution >= 4 is 24.2 Å². The molecule has 1 saturated heterocycles. The summed E-state index contributed by atoms with van der Waals surface area (Å²) >= 11 is 4.16. The highest BCUT2D eigenvalue weighted by Crippen LogP contribution is 2.48. The Bertz CT molecular complexity index is 538. The number of hydrogen-bond donors (Lipinski definition) is 1. The lowest BCUT2D eigenvalue weighted by atomic mass is 10.1. The van der Waals surface area contributed by atoms with Crippen LogP contribution >= 0.6 is 12.6 Å². The maximum atomic E-state index is 13.1. The highest BCUT2D eigenvalue weighted by molar-refractivity contribution is 7.80. The van der Waals surface area contributed by atoms with Crippen molar-refractivity contribution in [3.05, 3.63) is 18.2 Å². The summed E-state index contributed by atoms with van der Waals surface area (Å²) in [6.07, 6.45) is -3.31. The molecule has 2 aliphatic heterocycles. The topological polar surface area (TPSA) is 38.8 Å². The van der Waals surface area contributed by atoms with Gasteiger partial charge in [0, 0.05) is 13.0 Å². The van der Waals surface area contributed by atoms with Crippen molar-refractivity contribution in [1.82, 2.24) is 0 Å². The predicted octanol–water partition coefficient (Wildman–Crippen LogP) is 2.29. The van der Waals surface area contributed by atoms with E-state index in [9.17, 15) is 13.6 Å². The minimum Gasteiger partial charge on any atom is -0.395 e. The minimum atomic E-state index is -3.68.